The molecule has 1 N–H and O–H groups in total. The maximum absolute atomic E-state index is 8.26. The number of hydrogen-bond acceptors (Lipinski definition) is 2. The fourth-order valence-electron chi connectivity index (χ4n) is 1.81. The van der Waals surface area contributed by atoms with Crippen LogP contribution in [0.2, 0.25) is 0 Å². The first-order valence-corrected chi connectivity index (χ1v) is 8.58. The quantitative estimate of drug-likeness (QED) is 0.240. The molecule has 18 heavy (non-hydrogen) atoms. The van der Waals surface area contributed by atoms with Crippen LogP contribution in [0.3, 0.4) is 0 Å². The van der Waals surface area contributed by atoms with Crippen molar-refractivity contribution in [1.29, 1.82) is 0 Å². The third kappa shape index (κ3) is 22.0. The zero-order valence-corrected chi connectivity index (χ0v) is 15.2. The molecule has 0 aliphatic rings. The Hall–Kier alpha value is 0.728. The molecule has 0 rings (SSSR count). The third-order valence-corrected chi connectivity index (χ3v) is 3.11. The van der Waals surface area contributed by atoms with Crippen LogP contribution in [0.5, 0.6) is 0 Å². The Bertz CT molecular complexity index is 182. The van der Waals surface area contributed by atoms with Crippen LogP contribution in [-0.2, 0) is 23.2 Å². The van der Waals surface area contributed by atoms with Crippen LogP contribution in [0.25, 0.3) is 0 Å². The van der Waals surface area contributed by atoms with Gasteiger partial charge in [-0.2, -0.15) is 0 Å². The fourth-order valence-corrected chi connectivity index (χ4v) is 2.02. The summed E-state index contributed by atoms with van der Waals surface area (Å²) in [4.78, 5) is 0. The molecule has 0 spiro atoms. The number of unbranched alkanes of at least 4 members (excludes halogenated alkanes) is 9. The summed E-state index contributed by atoms with van der Waals surface area (Å²) < 4.78 is 8.88. The first-order chi connectivity index (χ1) is 8.77. The summed E-state index contributed by atoms with van der Waals surface area (Å²) in [5.74, 6) is 0. The van der Waals surface area contributed by atoms with Crippen LogP contribution in [0.1, 0.15) is 71.1 Å². The molecule has 0 aromatic carbocycles. The van der Waals surface area contributed by atoms with Crippen molar-refractivity contribution < 1.29 is 23.2 Å². The van der Waals surface area contributed by atoms with Crippen molar-refractivity contribution in [3.05, 3.63) is 0 Å². The summed E-state index contributed by atoms with van der Waals surface area (Å²) in [7, 11) is 0. The topological polar surface area (TPSA) is 29.1 Å². The molecular formula is C13H27MoNOS2. The Morgan fingerprint density at radius 3 is 1.72 bits per heavy atom. The van der Waals surface area contributed by atoms with E-state index in [1.165, 1.54) is 64.2 Å². The van der Waals surface area contributed by atoms with Crippen LogP contribution in [0.4, 0.5) is 0 Å². The number of hydrogen-bond donors (Lipinski definition) is 2. The molecule has 0 radical (unpaired) electrons. The van der Waals surface area contributed by atoms with E-state index < -0.39 is 0 Å². The molecule has 5 heteroatoms. The Morgan fingerprint density at radius 2 is 1.33 bits per heavy atom. The van der Waals surface area contributed by atoms with E-state index in [0.717, 1.165) is 6.54 Å². The van der Waals surface area contributed by atoms with E-state index in [0.29, 0.717) is 24.1 Å². The summed E-state index contributed by atoms with van der Waals surface area (Å²) in [6, 6.07) is 0. The van der Waals surface area contributed by atoms with Gasteiger partial charge in [-0.1, -0.05) is 76.9 Å². The second-order valence-corrected chi connectivity index (χ2v) is 5.57. The zero-order valence-electron chi connectivity index (χ0n) is 11.5. The van der Waals surface area contributed by atoms with E-state index in [1.54, 1.807) is 0 Å². The van der Waals surface area contributed by atoms with Gasteiger partial charge >= 0.3 is 23.2 Å². The van der Waals surface area contributed by atoms with E-state index in [9.17, 15) is 0 Å². The molecule has 0 bridgehead atoms. The van der Waals surface area contributed by atoms with Crippen molar-refractivity contribution in [2.75, 3.05) is 6.54 Å². The summed E-state index contributed by atoms with van der Waals surface area (Å²) >= 11 is 9.54. The summed E-state index contributed by atoms with van der Waals surface area (Å²) in [6.45, 7) is 3.25. The van der Waals surface area contributed by atoms with E-state index in [4.69, 9.17) is 15.6 Å². The van der Waals surface area contributed by atoms with E-state index in [2.05, 4.69) is 24.9 Å². The molecule has 0 aromatic rings. The molecule has 0 unspecified atom stereocenters. The van der Waals surface area contributed by atoms with Crippen molar-refractivity contribution in [3.8, 4) is 0 Å². The normalized spacial score (nSPS) is 9.44. The van der Waals surface area contributed by atoms with E-state index in [1.807, 2.05) is 0 Å². The molecule has 0 saturated heterocycles. The van der Waals surface area contributed by atoms with Crippen molar-refractivity contribution in [1.82, 2.24) is 5.32 Å². The molecule has 108 valence electrons. The number of thiocarbonyl (C=S) groups is 1. The van der Waals surface area contributed by atoms with E-state index >= 15 is 0 Å². The molecule has 0 fully saturated rings. The first-order valence-electron chi connectivity index (χ1n) is 6.91. The van der Waals surface area contributed by atoms with Gasteiger partial charge in [0, 0.05) is 6.54 Å². The average molecular weight is 373 g/mol. The van der Waals surface area contributed by atoms with Gasteiger partial charge < -0.3 is 5.32 Å². The fraction of sp³-hybridized carbons (Fsp3) is 0.923. The minimum atomic E-state index is 0.621. The predicted molar refractivity (Wildman–Crippen MR) is 82.1 cm³/mol. The van der Waals surface area contributed by atoms with Crippen LogP contribution in [-0.4, -0.2) is 10.9 Å². The second kappa shape index (κ2) is 20.1. The monoisotopic (exact) mass is 375 g/mol. The second-order valence-electron chi connectivity index (χ2n) is 4.41. The Kier molecular flexibility index (Phi) is 23.4. The zero-order chi connectivity index (χ0) is 14.1. The van der Waals surface area contributed by atoms with Gasteiger partial charge in [-0.3, -0.25) is 0 Å². The summed E-state index contributed by atoms with van der Waals surface area (Å²) in [5, 5.41) is 3.07. The van der Waals surface area contributed by atoms with Crippen molar-refractivity contribution in [3.63, 3.8) is 0 Å². The first kappa shape index (κ1) is 21.0. The molecule has 0 atom stereocenters. The Labute approximate surface area is 135 Å². The van der Waals surface area contributed by atoms with Crippen LogP contribution < -0.4 is 5.32 Å². The molecule has 2 nitrogen and oxygen atoms in total. The average Bonchev–Trinajstić information content (AvgIpc) is 2.38. The number of thiol groups is 1. The standard InChI is InChI=1S/C13H27NS2.Mo.O/c1-2-3-4-5-6-7-8-9-10-11-12-14-13(15)16;;/h2-12H2,1H3,(H2,14,15,16);;. The van der Waals surface area contributed by atoms with Gasteiger partial charge in [0.15, 0.2) is 0 Å². The third-order valence-electron chi connectivity index (χ3n) is 2.81. The van der Waals surface area contributed by atoms with Gasteiger partial charge in [0.25, 0.3) is 0 Å². The SMILES string of the molecule is CCCCCCCCCCCCNC(=S)S.[O]=[Mo]. The summed E-state index contributed by atoms with van der Waals surface area (Å²) in [5.41, 5.74) is 0. The number of rotatable bonds is 11. The molecule has 0 aliphatic heterocycles. The molecule has 0 saturated carbocycles. The van der Waals surface area contributed by atoms with Crippen LogP contribution in [0.15, 0.2) is 0 Å². The predicted octanol–water partition coefficient (Wildman–Crippen LogP) is 4.59. The maximum atomic E-state index is 8.26. The molecular weight excluding hydrogens is 346 g/mol. The molecule has 0 aliphatic carbocycles. The van der Waals surface area contributed by atoms with Crippen molar-refractivity contribution in [2.45, 2.75) is 71.1 Å². The van der Waals surface area contributed by atoms with Gasteiger partial charge in [-0.25, -0.2) is 0 Å². The Balaban J connectivity index is 0. The summed E-state index contributed by atoms with van der Waals surface area (Å²) in [6.07, 6.45) is 13.8. The van der Waals surface area contributed by atoms with Gasteiger partial charge in [0.1, 0.15) is 4.32 Å². The van der Waals surface area contributed by atoms with Gasteiger partial charge in [0.05, 0.1) is 0 Å². The minimum absolute atomic E-state index is 0.621. The molecule has 0 amide bonds. The van der Waals surface area contributed by atoms with E-state index in [-0.39, 0.29) is 0 Å². The van der Waals surface area contributed by atoms with Crippen molar-refractivity contribution in [2.24, 2.45) is 0 Å². The van der Waals surface area contributed by atoms with Gasteiger partial charge in [-0.15, -0.1) is 12.6 Å². The van der Waals surface area contributed by atoms with Crippen LogP contribution >= 0.6 is 24.8 Å². The molecule has 0 heterocycles. The van der Waals surface area contributed by atoms with Gasteiger partial charge in [0.2, 0.25) is 0 Å². The van der Waals surface area contributed by atoms with Crippen molar-refractivity contribution >= 4 is 29.2 Å². The molecule has 0 aromatic heterocycles. The van der Waals surface area contributed by atoms with Crippen LogP contribution in [0, 0.1) is 0 Å². The Morgan fingerprint density at radius 1 is 0.944 bits per heavy atom. The van der Waals surface area contributed by atoms with Gasteiger partial charge in [-0.05, 0) is 6.42 Å². The number of nitrogens with one attached hydrogen (secondary N) is 1.